The van der Waals surface area contributed by atoms with Gasteiger partial charge in [0.2, 0.25) is 0 Å². The molecule has 0 fully saturated rings. The number of nitriles is 1. The van der Waals surface area contributed by atoms with E-state index in [1.807, 2.05) is 0 Å². The lowest BCUT2D eigenvalue weighted by atomic mass is 9.98. The summed E-state index contributed by atoms with van der Waals surface area (Å²) in [5.41, 5.74) is 0.773. The van der Waals surface area contributed by atoms with Crippen LogP contribution in [0.25, 0.3) is 10.8 Å². The summed E-state index contributed by atoms with van der Waals surface area (Å²) < 4.78 is 13.1. The van der Waals surface area contributed by atoms with Crippen molar-refractivity contribution in [3.05, 3.63) is 42.0 Å². The smallest absolute Gasteiger partial charge is 0.123 e. The third kappa shape index (κ3) is 1.66. The summed E-state index contributed by atoms with van der Waals surface area (Å²) >= 11 is 0. The first kappa shape index (κ1) is 9.60. The first-order chi connectivity index (χ1) is 7.22. The van der Waals surface area contributed by atoms with Gasteiger partial charge in [-0.2, -0.15) is 5.26 Å². The maximum atomic E-state index is 13.1. The van der Waals surface area contributed by atoms with Gasteiger partial charge in [0.1, 0.15) is 5.82 Å². The van der Waals surface area contributed by atoms with E-state index in [9.17, 15) is 4.39 Å². The molecule has 1 atom stereocenters. The Morgan fingerprint density at radius 3 is 2.93 bits per heavy atom. The highest BCUT2D eigenvalue weighted by Gasteiger charge is 2.09. The normalized spacial score (nSPS) is 12.3. The summed E-state index contributed by atoms with van der Waals surface area (Å²) in [5, 5.41) is 10.5. The van der Waals surface area contributed by atoms with Crippen molar-refractivity contribution in [2.75, 3.05) is 0 Å². The highest BCUT2D eigenvalue weighted by Crippen LogP contribution is 2.24. The molecule has 1 aromatic heterocycles. The van der Waals surface area contributed by atoms with Crippen LogP contribution in [0, 0.1) is 17.1 Å². The third-order valence-corrected chi connectivity index (χ3v) is 2.41. The standard InChI is InChI=1S/C12H9FN2/c1-8(5-14)12-7-15-6-9-2-3-10(13)4-11(9)12/h2-4,6-8H,1H3. The van der Waals surface area contributed by atoms with Crippen LogP contribution in [0.5, 0.6) is 0 Å². The molecule has 2 aromatic rings. The van der Waals surface area contributed by atoms with Crippen LogP contribution in [0.3, 0.4) is 0 Å². The number of hydrogen-bond donors (Lipinski definition) is 0. The highest BCUT2D eigenvalue weighted by molar-refractivity contribution is 5.85. The fourth-order valence-electron chi connectivity index (χ4n) is 1.57. The van der Waals surface area contributed by atoms with Crippen molar-refractivity contribution in [2.24, 2.45) is 0 Å². The number of halogens is 1. The van der Waals surface area contributed by atoms with Crippen LogP contribution >= 0.6 is 0 Å². The first-order valence-corrected chi connectivity index (χ1v) is 4.65. The molecule has 0 bridgehead atoms. The van der Waals surface area contributed by atoms with E-state index in [1.54, 1.807) is 25.4 Å². The Morgan fingerprint density at radius 1 is 1.40 bits per heavy atom. The molecule has 15 heavy (non-hydrogen) atoms. The first-order valence-electron chi connectivity index (χ1n) is 4.65. The predicted molar refractivity (Wildman–Crippen MR) is 55.7 cm³/mol. The second-order valence-corrected chi connectivity index (χ2v) is 3.44. The van der Waals surface area contributed by atoms with Gasteiger partial charge in [-0.15, -0.1) is 0 Å². The fraction of sp³-hybridized carbons (Fsp3) is 0.167. The van der Waals surface area contributed by atoms with Gasteiger partial charge in [-0.1, -0.05) is 0 Å². The van der Waals surface area contributed by atoms with Gasteiger partial charge in [0.25, 0.3) is 0 Å². The van der Waals surface area contributed by atoms with E-state index in [0.717, 1.165) is 16.3 Å². The van der Waals surface area contributed by atoms with Crippen LogP contribution in [0.15, 0.2) is 30.6 Å². The minimum Gasteiger partial charge on any atom is -0.264 e. The molecular formula is C12H9FN2. The molecule has 2 nitrogen and oxygen atoms in total. The topological polar surface area (TPSA) is 36.7 Å². The van der Waals surface area contributed by atoms with Crippen LogP contribution in [0.2, 0.25) is 0 Å². The van der Waals surface area contributed by atoms with Crippen molar-refractivity contribution in [1.29, 1.82) is 5.26 Å². The van der Waals surface area contributed by atoms with Gasteiger partial charge in [0.05, 0.1) is 12.0 Å². The van der Waals surface area contributed by atoms with Gasteiger partial charge in [0, 0.05) is 17.8 Å². The van der Waals surface area contributed by atoms with Gasteiger partial charge in [-0.25, -0.2) is 4.39 Å². The summed E-state index contributed by atoms with van der Waals surface area (Å²) in [6, 6.07) is 6.64. The molecular weight excluding hydrogens is 191 g/mol. The molecule has 0 aliphatic heterocycles. The molecule has 74 valence electrons. The average Bonchev–Trinajstić information content (AvgIpc) is 2.27. The molecule has 0 spiro atoms. The lowest BCUT2D eigenvalue weighted by Crippen LogP contribution is -1.93. The number of aromatic nitrogens is 1. The summed E-state index contributed by atoms with van der Waals surface area (Å²) in [4.78, 5) is 4.04. The number of hydrogen-bond acceptors (Lipinski definition) is 2. The van der Waals surface area contributed by atoms with Crippen molar-refractivity contribution in [2.45, 2.75) is 12.8 Å². The zero-order chi connectivity index (χ0) is 10.8. The summed E-state index contributed by atoms with van der Waals surface area (Å²) in [7, 11) is 0. The van der Waals surface area contributed by atoms with Crippen molar-refractivity contribution in [1.82, 2.24) is 4.98 Å². The van der Waals surface area contributed by atoms with Crippen LogP contribution in [0.1, 0.15) is 18.4 Å². The average molecular weight is 200 g/mol. The zero-order valence-corrected chi connectivity index (χ0v) is 8.24. The van der Waals surface area contributed by atoms with Crippen LogP contribution in [0.4, 0.5) is 4.39 Å². The quantitative estimate of drug-likeness (QED) is 0.709. The number of fused-ring (bicyclic) bond motifs is 1. The predicted octanol–water partition coefficient (Wildman–Crippen LogP) is 3.00. The van der Waals surface area contributed by atoms with E-state index in [0.29, 0.717) is 0 Å². The van der Waals surface area contributed by atoms with E-state index in [4.69, 9.17) is 5.26 Å². The maximum Gasteiger partial charge on any atom is 0.123 e. The van der Waals surface area contributed by atoms with Crippen LogP contribution in [-0.4, -0.2) is 4.98 Å². The summed E-state index contributed by atoms with van der Waals surface area (Å²) in [6.45, 7) is 1.78. The molecule has 0 saturated carbocycles. The van der Waals surface area contributed by atoms with Crippen LogP contribution in [-0.2, 0) is 0 Å². The van der Waals surface area contributed by atoms with Crippen molar-refractivity contribution in [3.63, 3.8) is 0 Å². The Bertz CT molecular complexity index is 543. The molecule has 3 heteroatoms. The van der Waals surface area contributed by atoms with E-state index in [-0.39, 0.29) is 11.7 Å². The minimum absolute atomic E-state index is 0.275. The van der Waals surface area contributed by atoms with Gasteiger partial charge in [-0.3, -0.25) is 4.98 Å². The Labute approximate surface area is 87.0 Å². The second kappa shape index (κ2) is 3.66. The molecule has 1 aromatic carbocycles. The Kier molecular flexibility index (Phi) is 2.34. The maximum absolute atomic E-state index is 13.1. The highest BCUT2D eigenvalue weighted by atomic mass is 19.1. The van der Waals surface area contributed by atoms with E-state index >= 15 is 0 Å². The zero-order valence-electron chi connectivity index (χ0n) is 8.24. The third-order valence-electron chi connectivity index (χ3n) is 2.41. The molecule has 1 heterocycles. The van der Waals surface area contributed by atoms with E-state index in [2.05, 4.69) is 11.1 Å². The van der Waals surface area contributed by atoms with Crippen molar-refractivity contribution in [3.8, 4) is 6.07 Å². The molecule has 0 radical (unpaired) electrons. The number of pyridine rings is 1. The molecule has 0 saturated heterocycles. The van der Waals surface area contributed by atoms with Gasteiger partial charge >= 0.3 is 0 Å². The molecule has 0 aliphatic carbocycles. The monoisotopic (exact) mass is 200 g/mol. The molecule has 0 N–H and O–H groups in total. The lowest BCUT2D eigenvalue weighted by molar-refractivity contribution is 0.629. The minimum atomic E-state index is -0.292. The van der Waals surface area contributed by atoms with E-state index in [1.165, 1.54) is 12.1 Å². The van der Waals surface area contributed by atoms with E-state index < -0.39 is 0 Å². The van der Waals surface area contributed by atoms with Crippen LogP contribution < -0.4 is 0 Å². The van der Waals surface area contributed by atoms with Gasteiger partial charge in [0.15, 0.2) is 0 Å². The van der Waals surface area contributed by atoms with Gasteiger partial charge in [-0.05, 0) is 36.1 Å². The lowest BCUT2D eigenvalue weighted by Gasteiger charge is -2.06. The van der Waals surface area contributed by atoms with Gasteiger partial charge < -0.3 is 0 Å². The number of benzene rings is 1. The number of rotatable bonds is 1. The Balaban J connectivity index is 2.75. The fourth-order valence-corrected chi connectivity index (χ4v) is 1.57. The largest absolute Gasteiger partial charge is 0.264 e. The number of nitrogens with zero attached hydrogens (tertiary/aromatic N) is 2. The second-order valence-electron chi connectivity index (χ2n) is 3.44. The summed E-state index contributed by atoms with van der Waals surface area (Å²) in [5.74, 6) is -0.567. The summed E-state index contributed by atoms with van der Waals surface area (Å²) in [6.07, 6.45) is 3.29. The molecule has 0 amide bonds. The molecule has 2 rings (SSSR count). The van der Waals surface area contributed by atoms with Crippen molar-refractivity contribution < 1.29 is 4.39 Å². The SMILES string of the molecule is CC(C#N)c1cncc2ccc(F)cc12. The Hall–Kier alpha value is -1.95. The molecule has 1 unspecified atom stereocenters. The van der Waals surface area contributed by atoms with Crippen molar-refractivity contribution >= 4 is 10.8 Å². The Morgan fingerprint density at radius 2 is 2.20 bits per heavy atom. The molecule has 0 aliphatic rings.